The molecule has 0 spiro atoms. The number of amides is 5. The zero-order valence-corrected chi connectivity index (χ0v) is 18.7. The molecular formula is C25H28N4O4. The molecule has 0 unspecified atom stereocenters. The summed E-state index contributed by atoms with van der Waals surface area (Å²) >= 11 is 0. The van der Waals surface area contributed by atoms with Crippen molar-refractivity contribution < 1.29 is 19.2 Å². The molecule has 33 heavy (non-hydrogen) atoms. The smallest absolute Gasteiger partial charge is 0.325 e. The number of rotatable bonds is 8. The first kappa shape index (κ1) is 22.5. The molecule has 0 aliphatic carbocycles. The van der Waals surface area contributed by atoms with E-state index in [-0.39, 0.29) is 19.0 Å². The van der Waals surface area contributed by atoms with Crippen LogP contribution in [0.3, 0.4) is 0 Å². The topological polar surface area (TPSA) is 98.8 Å². The Bertz CT molecular complexity index is 1050. The van der Waals surface area contributed by atoms with Crippen molar-refractivity contribution in [3.63, 3.8) is 0 Å². The lowest BCUT2D eigenvalue weighted by Crippen LogP contribution is -2.45. The molecule has 2 aromatic rings. The van der Waals surface area contributed by atoms with Crippen molar-refractivity contribution in [2.45, 2.75) is 44.7 Å². The lowest BCUT2D eigenvalue weighted by molar-refractivity contribution is -0.134. The summed E-state index contributed by atoms with van der Waals surface area (Å²) in [5, 5.41) is 5.50. The number of nitrogens with one attached hydrogen (secondary N) is 2. The second kappa shape index (κ2) is 9.44. The molecule has 2 aromatic carbocycles. The van der Waals surface area contributed by atoms with E-state index in [2.05, 4.69) is 10.6 Å². The van der Waals surface area contributed by atoms with E-state index in [9.17, 15) is 19.2 Å². The van der Waals surface area contributed by atoms with Crippen LogP contribution in [-0.2, 0) is 27.3 Å². The number of imide groups is 1. The molecule has 0 bridgehead atoms. The summed E-state index contributed by atoms with van der Waals surface area (Å²) in [6.07, 6.45) is 2.53. The van der Waals surface area contributed by atoms with Gasteiger partial charge in [0.1, 0.15) is 12.1 Å². The van der Waals surface area contributed by atoms with Crippen molar-refractivity contribution in [3.8, 4) is 0 Å². The monoisotopic (exact) mass is 448 g/mol. The largest absolute Gasteiger partial charge is 0.350 e. The molecule has 2 aliphatic heterocycles. The molecule has 8 nitrogen and oxygen atoms in total. The molecular weight excluding hydrogens is 420 g/mol. The van der Waals surface area contributed by atoms with Gasteiger partial charge in [-0.1, -0.05) is 42.5 Å². The van der Waals surface area contributed by atoms with Gasteiger partial charge in [0.2, 0.25) is 11.8 Å². The Morgan fingerprint density at radius 1 is 1.03 bits per heavy atom. The number of hydrogen-bond donors (Lipinski definition) is 2. The van der Waals surface area contributed by atoms with E-state index in [1.807, 2.05) is 54.6 Å². The first-order valence-corrected chi connectivity index (χ1v) is 11.2. The van der Waals surface area contributed by atoms with E-state index in [1.165, 1.54) is 0 Å². The molecule has 1 atom stereocenters. The fourth-order valence-corrected chi connectivity index (χ4v) is 4.21. The van der Waals surface area contributed by atoms with Crippen molar-refractivity contribution in [1.82, 2.24) is 15.5 Å². The quantitative estimate of drug-likeness (QED) is 0.606. The van der Waals surface area contributed by atoms with E-state index in [1.54, 1.807) is 11.8 Å². The standard InChI is InChI=1S/C25H28N4O4/c1-25(14-13-18-6-3-2-4-7-18)23(32)29(24(33)27-25)17-21(30)26-16-19-9-11-20(12-10-19)28-15-5-8-22(28)31/h2-4,6-7,9-12H,5,8,13-17H2,1H3,(H,26,30)(H,27,33)/t25-/m1/s1. The van der Waals surface area contributed by atoms with Gasteiger partial charge in [0.05, 0.1) is 0 Å². The number of hydrogen-bond acceptors (Lipinski definition) is 4. The molecule has 4 rings (SSSR count). The van der Waals surface area contributed by atoms with Gasteiger partial charge >= 0.3 is 6.03 Å². The zero-order chi connectivity index (χ0) is 23.4. The van der Waals surface area contributed by atoms with Crippen LogP contribution in [0, 0.1) is 0 Å². The maximum Gasteiger partial charge on any atom is 0.325 e. The summed E-state index contributed by atoms with van der Waals surface area (Å²) < 4.78 is 0. The van der Waals surface area contributed by atoms with Crippen molar-refractivity contribution in [2.75, 3.05) is 18.0 Å². The van der Waals surface area contributed by atoms with E-state index in [0.717, 1.165) is 34.7 Å². The summed E-state index contributed by atoms with van der Waals surface area (Å²) in [7, 11) is 0. The SMILES string of the molecule is C[C@]1(CCc2ccccc2)NC(=O)N(CC(=O)NCc2ccc(N3CCCC3=O)cc2)C1=O. The van der Waals surface area contributed by atoms with Crippen LogP contribution in [0.1, 0.15) is 37.3 Å². The average Bonchev–Trinajstić information content (AvgIpc) is 3.34. The number of nitrogens with zero attached hydrogens (tertiary/aromatic N) is 2. The Hall–Kier alpha value is -3.68. The number of aryl methyl sites for hydroxylation is 1. The normalized spacial score (nSPS) is 20.3. The van der Waals surface area contributed by atoms with Crippen LogP contribution < -0.4 is 15.5 Å². The second-order valence-corrected chi connectivity index (χ2v) is 8.73. The summed E-state index contributed by atoms with van der Waals surface area (Å²) in [5.41, 5.74) is 1.76. The Balaban J connectivity index is 1.28. The molecule has 172 valence electrons. The van der Waals surface area contributed by atoms with Gasteiger partial charge in [-0.05, 0) is 49.4 Å². The van der Waals surface area contributed by atoms with E-state index in [4.69, 9.17) is 0 Å². The third-order valence-electron chi connectivity index (χ3n) is 6.21. The van der Waals surface area contributed by atoms with Crippen LogP contribution in [0.5, 0.6) is 0 Å². The molecule has 0 aromatic heterocycles. The Morgan fingerprint density at radius 3 is 2.42 bits per heavy atom. The number of urea groups is 1. The van der Waals surface area contributed by atoms with Gasteiger partial charge in [-0.3, -0.25) is 19.3 Å². The average molecular weight is 449 g/mol. The van der Waals surface area contributed by atoms with Gasteiger partial charge in [0.25, 0.3) is 5.91 Å². The van der Waals surface area contributed by atoms with E-state index >= 15 is 0 Å². The number of carbonyl (C=O) groups excluding carboxylic acids is 4. The van der Waals surface area contributed by atoms with Gasteiger partial charge < -0.3 is 15.5 Å². The van der Waals surface area contributed by atoms with Crippen molar-refractivity contribution in [1.29, 1.82) is 0 Å². The molecule has 8 heteroatoms. The summed E-state index contributed by atoms with van der Waals surface area (Å²) in [5.74, 6) is -0.678. The molecule has 2 N–H and O–H groups in total. The maximum absolute atomic E-state index is 12.9. The second-order valence-electron chi connectivity index (χ2n) is 8.73. The highest BCUT2D eigenvalue weighted by Crippen LogP contribution is 2.24. The third-order valence-corrected chi connectivity index (χ3v) is 6.21. The first-order chi connectivity index (χ1) is 15.9. The Kier molecular flexibility index (Phi) is 6.44. The van der Waals surface area contributed by atoms with E-state index in [0.29, 0.717) is 19.3 Å². The van der Waals surface area contributed by atoms with Crippen LogP contribution in [-0.4, -0.2) is 47.3 Å². The molecule has 2 fully saturated rings. The third kappa shape index (κ3) is 5.05. The predicted molar refractivity (Wildman–Crippen MR) is 123 cm³/mol. The molecule has 2 heterocycles. The fourth-order valence-electron chi connectivity index (χ4n) is 4.21. The Morgan fingerprint density at radius 2 is 1.76 bits per heavy atom. The molecule has 0 saturated carbocycles. The molecule has 2 saturated heterocycles. The molecule has 2 aliphatic rings. The van der Waals surface area contributed by atoms with Crippen LogP contribution >= 0.6 is 0 Å². The van der Waals surface area contributed by atoms with Crippen molar-refractivity contribution in [2.24, 2.45) is 0 Å². The lowest BCUT2D eigenvalue weighted by Gasteiger charge is -2.21. The minimum Gasteiger partial charge on any atom is -0.350 e. The zero-order valence-electron chi connectivity index (χ0n) is 18.7. The summed E-state index contributed by atoms with van der Waals surface area (Å²) in [6.45, 7) is 2.36. The first-order valence-electron chi connectivity index (χ1n) is 11.2. The van der Waals surface area contributed by atoms with Crippen LogP contribution in [0.25, 0.3) is 0 Å². The highest BCUT2D eigenvalue weighted by molar-refractivity contribution is 6.08. The molecule has 5 amide bonds. The van der Waals surface area contributed by atoms with Gasteiger partial charge in [-0.15, -0.1) is 0 Å². The van der Waals surface area contributed by atoms with Crippen LogP contribution in [0.15, 0.2) is 54.6 Å². The van der Waals surface area contributed by atoms with Gasteiger partial charge in [0.15, 0.2) is 0 Å². The number of benzene rings is 2. The van der Waals surface area contributed by atoms with Crippen LogP contribution in [0.2, 0.25) is 0 Å². The van der Waals surface area contributed by atoms with Gasteiger partial charge in [-0.2, -0.15) is 0 Å². The molecule has 0 radical (unpaired) electrons. The van der Waals surface area contributed by atoms with Crippen molar-refractivity contribution >= 4 is 29.4 Å². The fraction of sp³-hybridized carbons (Fsp3) is 0.360. The highest BCUT2D eigenvalue weighted by Gasteiger charge is 2.47. The van der Waals surface area contributed by atoms with Gasteiger partial charge in [0, 0.05) is 25.2 Å². The summed E-state index contributed by atoms with van der Waals surface area (Å²) in [4.78, 5) is 52.3. The minimum atomic E-state index is -1.03. The van der Waals surface area contributed by atoms with Crippen molar-refractivity contribution in [3.05, 3.63) is 65.7 Å². The van der Waals surface area contributed by atoms with Gasteiger partial charge in [-0.25, -0.2) is 4.79 Å². The predicted octanol–water partition coefficient (Wildman–Crippen LogP) is 2.37. The van der Waals surface area contributed by atoms with Crippen LogP contribution in [0.4, 0.5) is 10.5 Å². The number of anilines is 1. The number of carbonyl (C=O) groups is 4. The lowest BCUT2D eigenvalue weighted by atomic mass is 9.93. The Labute approximate surface area is 192 Å². The van der Waals surface area contributed by atoms with E-state index < -0.39 is 23.4 Å². The summed E-state index contributed by atoms with van der Waals surface area (Å²) in [6, 6.07) is 16.6. The maximum atomic E-state index is 12.9. The highest BCUT2D eigenvalue weighted by atomic mass is 16.2. The minimum absolute atomic E-state index is 0.125.